The van der Waals surface area contributed by atoms with Crippen molar-refractivity contribution < 1.29 is 10.2 Å². The fourth-order valence-electron chi connectivity index (χ4n) is 2.63. The van der Waals surface area contributed by atoms with Gasteiger partial charge in [0.1, 0.15) is 0 Å². The minimum absolute atomic E-state index is 0.190. The molecule has 0 amide bonds. The van der Waals surface area contributed by atoms with E-state index in [-0.39, 0.29) is 12.0 Å². The lowest BCUT2D eigenvalue weighted by molar-refractivity contribution is 0.0968. The number of rotatable bonds is 3. The third kappa shape index (κ3) is 2.68. The van der Waals surface area contributed by atoms with Gasteiger partial charge in [0.2, 0.25) is 0 Å². The molecule has 2 unspecified atom stereocenters. The lowest BCUT2D eigenvalue weighted by Crippen LogP contribution is -2.42. The standard InChI is InChI=1S/C15H23NO2/c1-3-14(17)12-6-4-5-7-13(12)16-9-8-15(18)11(2)10-16/h4-7,11,14-15,17-18H,3,8-10H2,1-2H3/t11?,14-,15?/m0/s1. The normalized spacial score (nSPS) is 26.1. The van der Waals surface area contributed by atoms with Gasteiger partial charge in [-0.2, -0.15) is 0 Å². The van der Waals surface area contributed by atoms with Crippen LogP contribution in [0.2, 0.25) is 0 Å². The second-order valence-electron chi connectivity index (χ2n) is 5.26. The summed E-state index contributed by atoms with van der Waals surface area (Å²) in [7, 11) is 0. The topological polar surface area (TPSA) is 43.7 Å². The number of aliphatic hydroxyl groups is 2. The van der Waals surface area contributed by atoms with Crippen molar-refractivity contribution in [1.29, 1.82) is 0 Å². The predicted molar refractivity (Wildman–Crippen MR) is 73.7 cm³/mol. The molecule has 18 heavy (non-hydrogen) atoms. The van der Waals surface area contributed by atoms with Crippen LogP contribution in [0.5, 0.6) is 0 Å². The first-order valence-electron chi connectivity index (χ1n) is 6.83. The summed E-state index contributed by atoms with van der Waals surface area (Å²) in [6.45, 7) is 5.79. The van der Waals surface area contributed by atoms with Crippen LogP contribution < -0.4 is 4.90 Å². The first-order chi connectivity index (χ1) is 8.63. The van der Waals surface area contributed by atoms with Gasteiger partial charge in [0, 0.05) is 24.3 Å². The highest BCUT2D eigenvalue weighted by atomic mass is 16.3. The summed E-state index contributed by atoms with van der Waals surface area (Å²) in [4.78, 5) is 2.28. The Morgan fingerprint density at radius 2 is 2.11 bits per heavy atom. The Labute approximate surface area is 109 Å². The van der Waals surface area contributed by atoms with E-state index in [9.17, 15) is 10.2 Å². The molecule has 3 nitrogen and oxygen atoms in total. The predicted octanol–water partition coefficient (Wildman–Crippen LogP) is 2.34. The van der Waals surface area contributed by atoms with Gasteiger partial charge in [-0.05, 0) is 24.8 Å². The smallest absolute Gasteiger partial charge is 0.0807 e. The molecular weight excluding hydrogens is 226 g/mol. The van der Waals surface area contributed by atoms with Crippen LogP contribution in [0, 0.1) is 5.92 Å². The third-order valence-electron chi connectivity index (χ3n) is 3.88. The average Bonchev–Trinajstić information content (AvgIpc) is 2.41. The maximum absolute atomic E-state index is 10.1. The summed E-state index contributed by atoms with van der Waals surface area (Å²) in [5, 5.41) is 19.9. The second-order valence-corrected chi connectivity index (χ2v) is 5.26. The molecule has 0 saturated carbocycles. The highest BCUT2D eigenvalue weighted by Crippen LogP contribution is 2.31. The number of nitrogens with zero attached hydrogens (tertiary/aromatic N) is 1. The molecule has 1 fully saturated rings. The highest BCUT2D eigenvalue weighted by Gasteiger charge is 2.26. The molecule has 3 atom stereocenters. The van der Waals surface area contributed by atoms with Gasteiger partial charge in [-0.25, -0.2) is 0 Å². The van der Waals surface area contributed by atoms with E-state index in [4.69, 9.17) is 0 Å². The molecule has 1 heterocycles. The van der Waals surface area contributed by atoms with Crippen molar-refractivity contribution in [2.75, 3.05) is 18.0 Å². The van der Waals surface area contributed by atoms with Gasteiger partial charge < -0.3 is 15.1 Å². The molecule has 1 aromatic carbocycles. The van der Waals surface area contributed by atoms with Crippen molar-refractivity contribution in [3.8, 4) is 0 Å². The summed E-state index contributed by atoms with van der Waals surface area (Å²) >= 11 is 0. The van der Waals surface area contributed by atoms with Crippen molar-refractivity contribution in [2.45, 2.75) is 38.9 Å². The molecule has 1 aliphatic heterocycles. The zero-order valence-electron chi connectivity index (χ0n) is 11.2. The van der Waals surface area contributed by atoms with Crippen molar-refractivity contribution in [3.63, 3.8) is 0 Å². The molecule has 3 heteroatoms. The maximum atomic E-state index is 10.1. The van der Waals surface area contributed by atoms with Crippen molar-refractivity contribution in [2.24, 2.45) is 5.92 Å². The molecule has 0 spiro atoms. The van der Waals surface area contributed by atoms with E-state index in [1.165, 1.54) is 0 Å². The molecule has 1 aromatic rings. The van der Waals surface area contributed by atoms with E-state index in [2.05, 4.69) is 17.9 Å². The molecule has 2 rings (SSSR count). The van der Waals surface area contributed by atoms with Crippen LogP contribution in [0.4, 0.5) is 5.69 Å². The average molecular weight is 249 g/mol. The monoisotopic (exact) mass is 249 g/mol. The van der Waals surface area contributed by atoms with Gasteiger partial charge in [-0.15, -0.1) is 0 Å². The Hall–Kier alpha value is -1.06. The molecule has 0 aliphatic carbocycles. The van der Waals surface area contributed by atoms with E-state index in [0.717, 1.165) is 37.2 Å². The Bertz CT molecular complexity index is 394. The van der Waals surface area contributed by atoms with E-state index in [1.807, 2.05) is 25.1 Å². The van der Waals surface area contributed by atoms with Gasteiger partial charge in [0.15, 0.2) is 0 Å². The fourth-order valence-corrected chi connectivity index (χ4v) is 2.63. The fraction of sp³-hybridized carbons (Fsp3) is 0.600. The molecule has 2 N–H and O–H groups in total. The zero-order valence-corrected chi connectivity index (χ0v) is 11.2. The van der Waals surface area contributed by atoms with Crippen LogP contribution in [0.25, 0.3) is 0 Å². The van der Waals surface area contributed by atoms with Crippen molar-refractivity contribution >= 4 is 5.69 Å². The Kier molecular flexibility index (Phi) is 4.25. The van der Waals surface area contributed by atoms with Crippen LogP contribution in [-0.4, -0.2) is 29.4 Å². The second kappa shape index (κ2) is 5.72. The molecule has 1 saturated heterocycles. The number of benzene rings is 1. The molecule has 100 valence electrons. The van der Waals surface area contributed by atoms with Gasteiger partial charge in [0.25, 0.3) is 0 Å². The van der Waals surface area contributed by atoms with E-state index in [0.29, 0.717) is 0 Å². The van der Waals surface area contributed by atoms with Gasteiger partial charge in [-0.3, -0.25) is 0 Å². The maximum Gasteiger partial charge on any atom is 0.0807 e. The number of para-hydroxylation sites is 1. The van der Waals surface area contributed by atoms with Crippen LogP contribution in [0.3, 0.4) is 0 Å². The van der Waals surface area contributed by atoms with Gasteiger partial charge in [-0.1, -0.05) is 32.0 Å². The van der Waals surface area contributed by atoms with Gasteiger partial charge >= 0.3 is 0 Å². The number of aliphatic hydroxyl groups excluding tert-OH is 2. The summed E-state index contributed by atoms with van der Waals surface area (Å²) < 4.78 is 0. The molecular formula is C15H23NO2. The summed E-state index contributed by atoms with van der Waals surface area (Å²) in [5.41, 5.74) is 2.12. The summed E-state index contributed by atoms with van der Waals surface area (Å²) in [6.07, 6.45) is 0.939. The number of anilines is 1. The molecule has 0 aromatic heterocycles. The lowest BCUT2D eigenvalue weighted by atomic mass is 9.95. The molecule has 0 radical (unpaired) electrons. The minimum atomic E-state index is -0.400. The Morgan fingerprint density at radius 3 is 2.78 bits per heavy atom. The first-order valence-corrected chi connectivity index (χ1v) is 6.83. The first kappa shape index (κ1) is 13.4. The van der Waals surface area contributed by atoms with Crippen molar-refractivity contribution in [3.05, 3.63) is 29.8 Å². The lowest BCUT2D eigenvalue weighted by Gasteiger charge is -2.37. The van der Waals surface area contributed by atoms with Crippen LogP contribution in [0.1, 0.15) is 38.4 Å². The largest absolute Gasteiger partial charge is 0.393 e. The molecule has 1 aliphatic rings. The van der Waals surface area contributed by atoms with Gasteiger partial charge in [0.05, 0.1) is 12.2 Å². The van der Waals surface area contributed by atoms with E-state index in [1.54, 1.807) is 0 Å². The van der Waals surface area contributed by atoms with E-state index >= 15 is 0 Å². The number of hydrogen-bond acceptors (Lipinski definition) is 3. The quantitative estimate of drug-likeness (QED) is 0.864. The molecule has 0 bridgehead atoms. The summed E-state index contributed by atoms with van der Waals surface area (Å²) in [6, 6.07) is 8.05. The van der Waals surface area contributed by atoms with E-state index < -0.39 is 6.10 Å². The minimum Gasteiger partial charge on any atom is -0.393 e. The van der Waals surface area contributed by atoms with Crippen molar-refractivity contribution in [1.82, 2.24) is 0 Å². The third-order valence-corrected chi connectivity index (χ3v) is 3.88. The SMILES string of the molecule is CC[C@H](O)c1ccccc1N1CCC(O)C(C)C1. The Morgan fingerprint density at radius 1 is 1.39 bits per heavy atom. The summed E-state index contributed by atoms with van der Waals surface area (Å²) in [5.74, 6) is 0.283. The Balaban J connectivity index is 2.22. The van der Waals surface area contributed by atoms with Crippen LogP contribution >= 0.6 is 0 Å². The number of piperidine rings is 1. The number of hydrogen-bond donors (Lipinski definition) is 2. The van der Waals surface area contributed by atoms with Crippen LogP contribution in [-0.2, 0) is 0 Å². The highest BCUT2D eigenvalue weighted by molar-refractivity contribution is 5.55. The zero-order chi connectivity index (χ0) is 13.1. The van der Waals surface area contributed by atoms with Crippen LogP contribution in [0.15, 0.2) is 24.3 Å².